The summed E-state index contributed by atoms with van der Waals surface area (Å²) in [6, 6.07) is 9.61. The number of aliphatic imine (C=N–C) groups is 1. The molecule has 0 spiro atoms. The van der Waals surface area contributed by atoms with Crippen LogP contribution < -0.4 is 15.4 Å². The molecule has 1 aromatic rings. The fourth-order valence-electron chi connectivity index (χ4n) is 1.71. The minimum absolute atomic E-state index is 0. The summed E-state index contributed by atoms with van der Waals surface area (Å²) in [5, 5.41) is 6.27. The van der Waals surface area contributed by atoms with Gasteiger partial charge in [-0.1, -0.05) is 18.2 Å². The summed E-state index contributed by atoms with van der Waals surface area (Å²) in [5.41, 5.74) is 0. The molecule has 2 N–H and O–H groups in total. The van der Waals surface area contributed by atoms with Gasteiger partial charge in [0.25, 0.3) is 0 Å². The number of benzene rings is 1. The number of nitrogens with one attached hydrogen (secondary N) is 2. The van der Waals surface area contributed by atoms with E-state index in [0.29, 0.717) is 32.1 Å². The van der Waals surface area contributed by atoms with Gasteiger partial charge in [0.2, 0.25) is 0 Å². The highest BCUT2D eigenvalue weighted by atomic mass is 127. The number of hydrogen-bond acceptors (Lipinski definition) is 4. The molecule has 0 bridgehead atoms. The number of nitrogens with zero attached hydrogens (tertiary/aromatic N) is 1. The molecule has 0 fully saturated rings. The number of hydrogen-bond donors (Lipinski definition) is 2. The lowest BCUT2D eigenvalue weighted by atomic mass is 10.3. The van der Waals surface area contributed by atoms with Gasteiger partial charge in [-0.2, -0.15) is 0 Å². The van der Waals surface area contributed by atoms with Crippen molar-refractivity contribution in [1.29, 1.82) is 0 Å². The molecular weight excluding hydrogens is 429 g/mol. The number of rotatable bonds is 9. The van der Waals surface area contributed by atoms with Crippen molar-refractivity contribution in [3.63, 3.8) is 0 Å². The molecule has 23 heavy (non-hydrogen) atoms. The summed E-state index contributed by atoms with van der Waals surface area (Å²) in [7, 11) is -2.92. The zero-order chi connectivity index (χ0) is 16.3. The van der Waals surface area contributed by atoms with Gasteiger partial charge < -0.3 is 15.4 Å². The fourth-order valence-corrected chi connectivity index (χ4v) is 2.37. The Morgan fingerprint density at radius 2 is 1.91 bits per heavy atom. The molecule has 0 aliphatic carbocycles. The summed E-state index contributed by atoms with van der Waals surface area (Å²) in [5.74, 6) is 1.67. The molecule has 0 amide bonds. The fraction of sp³-hybridized carbons (Fsp3) is 0.533. The molecule has 6 nitrogen and oxygen atoms in total. The molecule has 1 aromatic carbocycles. The number of guanidine groups is 1. The zero-order valence-corrected chi connectivity index (χ0v) is 16.8. The monoisotopic (exact) mass is 455 g/mol. The molecule has 0 saturated heterocycles. The zero-order valence-electron chi connectivity index (χ0n) is 13.6. The normalized spacial score (nSPS) is 11.5. The maximum absolute atomic E-state index is 11.1. The summed E-state index contributed by atoms with van der Waals surface area (Å²) in [6.07, 6.45) is 1.76. The van der Waals surface area contributed by atoms with Crippen LogP contribution in [0.1, 0.15) is 13.3 Å². The van der Waals surface area contributed by atoms with E-state index in [-0.39, 0.29) is 29.7 Å². The number of sulfone groups is 1. The second kappa shape index (κ2) is 12.4. The van der Waals surface area contributed by atoms with Crippen LogP contribution in [0.4, 0.5) is 0 Å². The van der Waals surface area contributed by atoms with Crippen LogP contribution in [0.3, 0.4) is 0 Å². The summed E-state index contributed by atoms with van der Waals surface area (Å²) >= 11 is 0. The van der Waals surface area contributed by atoms with Gasteiger partial charge in [-0.25, -0.2) is 8.42 Å². The Balaban J connectivity index is 0.00000484. The van der Waals surface area contributed by atoms with Gasteiger partial charge in [-0.3, -0.25) is 4.99 Å². The molecule has 0 atom stereocenters. The van der Waals surface area contributed by atoms with Crippen LogP contribution in [0.25, 0.3) is 0 Å². The first kappa shape index (κ1) is 22.0. The Bertz CT molecular complexity index is 550. The summed E-state index contributed by atoms with van der Waals surface area (Å²) < 4.78 is 27.7. The lowest BCUT2D eigenvalue weighted by Crippen LogP contribution is -2.39. The molecule has 0 aliphatic rings. The third kappa shape index (κ3) is 12.1. The second-order valence-corrected chi connectivity index (χ2v) is 7.09. The Labute approximate surface area is 156 Å². The number of ether oxygens (including phenoxy) is 1. The molecule has 0 aromatic heterocycles. The van der Waals surface area contributed by atoms with Crippen molar-refractivity contribution < 1.29 is 13.2 Å². The van der Waals surface area contributed by atoms with Gasteiger partial charge in [-0.05, 0) is 25.5 Å². The third-order valence-electron chi connectivity index (χ3n) is 2.69. The first-order valence-electron chi connectivity index (χ1n) is 7.39. The maximum atomic E-state index is 11.1. The van der Waals surface area contributed by atoms with Gasteiger partial charge in [0.15, 0.2) is 5.96 Å². The van der Waals surface area contributed by atoms with E-state index in [0.717, 1.165) is 12.3 Å². The average molecular weight is 455 g/mol. The van der Waals surface area contributed by atoms with Gasteiger partial charge in [0.05, 0.1) is 12.3 Å². The van der Waals surface area contributed by atoms with E-state index in [9.17, 15) is 8.42 Å². The molecule has 0 radical (unpaired) electrons. The first-order chi connectivity index (χ1) is 10.5. The quantitative estimate of drug-likeness (QED) is 0.256. The Morgan fingerprint density at radius 3 is 2.52 bits per heavy atom. The molecule has 8 heteroatoms. The minimum atomic E-state index is -2.92. The van der Waals surface area contributed by atoms with Crippen molar-refractivity contribution in [3.8, 4) is 5.75 Å². The molecule has 0 aliphatic heterocycles. The van der Waals surface area contributed by atoms with E-state index < -0.39 is 9.84 Å². The van der Waals surface area contributed by atoms with Gasteiger partial charge in [0.1, 0.15) is 22.2 Å². The van der Waals surface area contributed by atoms with E-state index in [4.69, 9.17) is 4.74 Å². The summed E-state index contributed by atoms with van der Waals surface area (Å²) in [4.78, 5) is 4.34. The average Bonchev–Trinajstić information content (AvgIpc) is 2.48. The van der Waals surface area contributed by atoms with Crippen molar-refractivity contribution in [2.24, 2.45) is 4.99 Å². The topological polar surface area (TPSA) is 79.8 Å². The standard InChI is InChI=1S/C15H25N3O3S.HI/c1-3-16-15(17-10-7-13-22(2,19)20)18-11-12-21-14-8-5-4-6-9-14;/h4-6,8-9H,3,7,10-13H2,1-2H3,(H2,16,17,18);1H. The van der Waals surface area contributed by atoms with E-state index >= 15 is 0 Å². The van der Waals surface area contributed by atoms with Crippen LogP contribution in [0.15, 0.2) is 35.3 Å². The highest BCUT2D eigenvalue weighted by molar-refractivity contribution is 14.0. The van der Waals surface area contributed by atoms with Crippen molar-refractivity contribution in [3.05, 3.63) is 30.3 Å². The second-order valence-electron chi connectivity index (χ2n) is 4.83. The molecular formula is C15H26IN3O3S. The minimum Gasteiger partial charge on any atom is -0.492 e. The van der Waals surface area contributed by atoms with Crippen LogP contribution in [0, 0.1) is 0 Å². The molecule has 1 rings (SSSR count). The van der Waals surface area contributed by atoms with Crippen LogP contribution in [-0.4, -0.2) is 52.6 Å². The van der Waals surface area contributed by atoms with Crippen LogP contribution in [0.2, 0.25) is 0 Å². The predicted octanol–water partition coefficient (Wildman–Crippen LogP) is 1.67. The van der Waals surface area contributed by atoms with E-state index in [1.54, 1.807) is 0 Å². The van der Waals surface area contributed by atoms with Crippen molar-refractivity contribution in [2.45, 2.75) is 13.3 Å². The SMILES string of the molecule is CCNC(=NCCCS(C)(=O)=O)NCCOc1ccccc1.I. The first-order valence-corrected chi connectivity index (χ1v) is 9.45. The van der Waals surface area contributed by atoms with Crippen LogP contribution in [0.5, 0.6) is 5.75 Å². The highest BCUT2D eigenvalue weighted by Crippen LogP contribution is 2.07. The lowest BCUT2D eigenvalue weighted by Gasteiger charge is -2.12. The molecule has 132 valence electrons. The summed E-state index contributed by atoms with van der Waals surface area (Å²) in [6.45, 7) is 4.35. The Morgan fingerprint density at radius 1 is 1.22 bits per heavy atom. The highest BCUT2D eigenvalue weighted by Gasteiger charge is 2.01. The molecule has 0 unspecified atom stereocenters. The van der Waals surface area contributed by atoms with Crippen LogP contribution in [-0.2, 0) is 9.84 Å². The van der Waals surface area contributed by atoms with E-state index in [2.05, 4.69) is 15.6 Å². The smallest absolute Gasteiger partial charge is 0.191 e. The molecule has 0 heterocycles. The third-order valence-corrected chi connectivity index (χ3v) is 3.72. The van der Waals surface area contributed by atoms with Gasteiger partial charge in [0, 0.05) is 19.3 Å². The van der Waals surface area contributed by atoms with Gasteiger partial charge in [-0.15, -0.1) is 24.0 Å². The maximum Gasteiger partial charge on any atom is 0.191 e. The number of halogens is 1. The number of para-hydroxylation sites is 1. The predicted molar refractivity (Wildman–Crippen MR) is 106 cm³/mol. The van der Waals surface area contributed by atoms with Crippen LogP contribution >= 0.6 is 24.0 Å². The van der Waals surface area contributed by atoms with Gasteiger partial charge >= 0.3 is 0 Å². The molecule has 0 saturated carbocycles. The van der Waals surface area contributed by atoms with Crippen molar-refractivity contribution in [2.75, 3.05) is 38.2 Å². The largest absolute Gasteiger partial charge is 0.492 e. The Kier molecular flexibility index (Phi) is 11.8. The lowest BCUT2D eigenvalue weighted by molar-refractivity contribution is 0.322. The van der Waals surface area contributed by atoms with E-state index in [1.165, 1.54) is 6.26 Å². The van der Waals surface area contributed by atoms with E-state index in [1.807, 2.05) is 37.3 Å². The van der Waals surface area contributed by atoms with Crippen molar-refractivity contribution in [1.82, 2.24) is 10.6 Å². The van der Waals surface area contributed by atoms with Crippen molar-refractivity contribution >= 4 is 39.8 Å². The Hall–Kier alpha value is -1.03.